The van der Waals surface area contributed by atoms with E-state index in [9.17, 15) is 19.5 Å². The molecule has 0 aromatic heterocycles. The molecule has 3 aromatic rings. The van der Waals surface area contributed by atoms with Gasteiger partial charge in [0.25, 0.3) is 5.91 Å². The molecule has 2 fully saturated rings. The van der Waals surface area contributed by atoms with Gasteiger partial charge in [-0.05, 0) is 47.9 Å². The Bertz CT molecular complexity index is 1650. The van der Waals surface area contributed by atoms with E-state index in [0.717, 1.165) is 34.7 Å². The molecule has 4 atom stereocenters. The maximum Gasteiger partial charge on any atom is 0.264 e. The lowest BCUT2D eigenvalue weighted by atomic mass is 9.82. The largest absolute Gasteiger partial charge is 0.497 e. The number of methoxy groups -OCH3 is 1. The molecule has 3 amide bonds. The lowest BCUT2D eigenvalue weighted by Crippen LogP contribution is -2.52. The minimum Gasteiger partial charge on any atom is -0.497 e. The van der Waals surface area contributed by atoms with Gasteiger partial charge in [-0.1, -0.05) is 67.7 Å². The predicted molar refractivity (Wildman–Crippen MR) is 185 cm³/mol. The van der Waals surface area contributed by atoms with Crippen molar-refractivity contribution in [2.75, 3.05) is 43.7 Å². The maximum absolute atomic E-state index is 14.5. The zero-order valence-electron chi connectivity index (χ0n) is 27.9. The third-order valence-electron chi connectivity index (χ3n) is 10.6. The molecule has 10 heteroatoms. The number of aliphatic hydroxyl groups is 1. The van der Waals surface area contributed by atoms with Gasteiger partial charge in [0.15, 0.2) is 5.60 Å². The van der Waals surface area contributed by atoms with Crippen molar-refractivity contribution < 1.29 is 29.0 Å². The molecule has 6 rings (SSSR count). The summed E-state index contributed by atoms with van der Waals surface area (Å²) in [7, 11) is 0.964. The molecule has 2 saturated heterocycles. The number of ether oxygens (including phenoxy) is 2. The first-order valence-electron chi connectivity index (χ1n) is 16.5. The zero-order chi connectivity index (χ0) is 33.5. The zero-order valence-corrected chi connectivity index (χ0v) is 28.9. The minimum atomic E-state index is -2.45. The highest BCUT2D eigenvalue weighted by molar-refractivity contribution is 6.91. The Hall–Kier alpha value is -3.99. The smallest absolute Gasteiger partial charge is 0.264 e. The van der Waals surface area contributed by atoms with E-state index < -0.39 is 19.8 Å². The van der Waals surface area contributed by atoms with E-state index in [1.54, 1.807) is 28.9 Å². The van der Waals surface area contributed by atoms with Crippen molar-refractivity contribution in [1.29, 1.82) is 0 Å². The predicted octanol–water partition coefficient (Wildman–Crippen LogP) is 4.43. The first kappa shape index (κ1) is 32.9. The van der Waals surface area contributed by atoms with Gasteiger partial charge in [0.1, 0.15) is 5.75 Å². The number of aliphatic hydroxyl groups excluding tert-OH is 1. The number of hydrogen-bond acceptors (Lipinski definition) is 6. The monoisotopic (exact) mass is 655 g/mol. The summed E-state index contributed by atoms with van der Waals surface area (Å²) in [5, 5.41) is 11.1. The van der Waals surface area contributed by atoms with Crippen molar-refractivity contribution in [2.24, 2.45) is 5.92 Å². The summed E-state index contributed by atoms with van der Waals surface area (Å²) in [6.07, 6.45) is 0.828. The number of amides is 3. The highest BCUT2D eigenvalue weighted by Crippen LogP contribution is 2.60. The lowest BCUT2D eigenvalue weighted by Gasteiger charge is -2.37. The standard InChI is InChI=1S/C37H45N3O6Si/c1-25-35(47(4,5)29-16-14-28(45-3)15-17-29)32(23-34(43)39(20-21-41)24-26-10-7-6-8-11-26)46-37(25)30-22-27(40-19-9-12-33(40)42)13-18-31(30)38(2)36(37)44/h6-8,10-11,13-18,22,25,32,35,41H,9,12,19-21,23-24H2,1-5H3/t25-,32+,35-,37+/m1/s1. The average molecular weight is 656 g/mol. The summed E-state index contributed by atoms with van der Waals surface area (Å²) in [5.41, 5.74) is 1.83. The molecular formula is C37H45N3O6Si. The number of anilines is 2. The second kappa shape index (κ2) is 12.9. The van der Waals surface area contributed by atoms with Crippen LogP contribution in [0.5, 0.6) is 5.75 Å². The number of hydrogen-bond donors (Lipinski definition) is 1. The number of nitrogens with zero attached hydrogens (tertiary/aromatic N) is 3. The van der Waals surface area contributed by atoms with Gasteiger partial charge in [0.2, 0.25) is 11.8 Å². The van der Waals surface area contributed by atoms with Crippen LogP contribution >= 0.6 is 0 Å². The molecule has 3 aliphatic rings. The quantitative estimate of drug-likeness (QED) is 0.325. The molecule has 3 heterocycles. The van der Waals surface area contributed by atoms with Gasteiger partial charge in [-0.25, -0.2) is 0 Å². The third kappa shape index (κ3) is 5.66. The van der Waals surface area contributed by atoms with E-state index in [0.29, 0.717) is 19.5 Å². The first-order chi connectivity index (χ1) is 22.5. The van der Waals surface area contributed by atoms with Gasteiger partial charge >= 0.3 is 0 Å². The van der Waals surface area contributed by atoms with E-state index in [-0.39, 0.29) is 48.8 Å². The summed E-state index contributed by atoms with van der Waals surface area (Å²) in [6.45, 7) is 7.72. The number of carbonyl (C=O) groups excluding carboxylic acids is 3. The number of fused-ring (bicyclic) bond motifs is 2. The van der Waals surface area contributed by atoms with Crippen molar-refractivity contribution in [3.05, 3.63) is 83.9 Å². The minimum absolute atomic E-state index is 0.0762. The van der Waals surface area contributed by atoms with Crippen LogP contribution in [0.25, 0.3) is 0 Å². The molecule has 47 heavy (non-hydrogen) atoms. The van der Waals surface area contributed by atoms with Crippen LogP contribution in [0.4, 0.5) is 11.4 Å². The molecule has 0 saturated carbocycles. The van der Waals surface area contributed by atoms with Crippen molar-refractivity contribution in [1.82, 2.24) is 4.90 Å². The molecule has 3 aromatic carbocycles. The van der Waals surface area contributed by atoms with Crippen LogP contribution in [0.1, 0.15) is 37.3 Å². The van der Waals surface area contributed by atoms with Crippen LogP contribution in [0.2, 0.25) is 18.6 Å². The number of benzene rings is 3. The van der Waals surface area contributed by atoms with Gasteiger partial charge in [0.05, 0.1) is 40.0 Å². The fourth-order valence-corrected chi connectivity index (χ4v) is 12.2. The van der Waals surface area contributed by atoms with Crippen LogP contribution in [0, 0.1) is 5.92 Å². The van der Waals surface area contributed by atoms with Crippen LogP contribution in [-0.4, -0.2) is 75.8 Å². The Balaban J connectivity index is 1.42. The summed E-state index contributed by atoms with van der Waals surface area (Å²) >= 11 is 0. The van der Waals surface area contributed by atoms with Gasteiger partial charge in [0, 0.05) is 50.3 Å². The molecule has 3 aliphatic heterocycles. The molecule has 248 valence electrons. The molecule has 1 N–H and O–H groups in total. The van der Waals surface area contributed by atoms with E-state index in [1.807, 2.05) is 60.7 Å². The lowest BCUT2D eigenvalue weighted by molar-refractivity contribution is -0.149. The topological polar surface area (TPSA) is 99.6 Å². The average Bonchev–Trinajstić information content (AvgIpc) is 3.70. The summed E-state index contributed by atoms with van der Waals surface area (Å²) in [6, 6.07) is 23.7. The Labute approximate surface area is 278 Å². The van der Waals surface area contributed by atoms with Crippen molar-refractivity contribution in [3.63, 3.8) is 0 Å². The van der Waals surface area contributed by atoms with Crippen molar-refractivity contribution in [2.45, 2.75) is 63.1 Å². The van der Waals surface area contributed by atoms with Crippen molar-refractivity contribution in [3.8, 4) is 5.75 Å². The maximum atomic E-state index is 14.5. The van der Waals surface area contributed by atoms with Crippen molar-refractivity contribution >= 4 is 42.4 Å². The molecule has 0 unspecified atom stereocenters. The molecule has 0 aliphatic carbocycles. The fourth-order valence-electron chi connectivity index (χ4n) is 8.21. The molecular weight excluding hydrogens is 611 g/mol. The van der Waals surface area contributed by atoms with E-state index in [2.05, 4.69) is 32.2 Å². The van der Waals surface area contributed by atoms with Gasteiger partial charge < -0.3 is 29.3 Å². The summed E-state index contributed by atoms with van der Waals surface area (Å²) in [4.78, 5) is 46.5. The Morgan fingerprint density at radius 1 is 1.09 bits per heavy atom. The second-order valence-corrected chi connectivity index (χ2v) is 18.3. The fraction of sp³-hybridized carbons (Fsp3) is 0.432. The van der Waals surface area contributed by atoms with Crippen LogP contribution < -0.4 is 19.7 Å². The Morgan fingerprint density at radius 2 is 1.81 bits per heavy atom. The molecule has 1 spiro atoms. The second-order valence-electron chi connectivity index (χ2n) is 13.6. The summed E-state index contributed by atoms with van der Waals surface area (Å²) in [5.74, 6) is 0.292. The first-order valence-corrected chi connectivity index (χ1v) is 19.6. The molecule has 9 nitrogen and oxygen atoms in total. The third-order valence-corrected chi connectivity index (χ3v) is 15.0. The SMILES string of the molecule is COc1ccc([Si](C)(C)[C@H]2[C@H](CC(=O)N(CCO)Cc3ccccc3)O[C@@]3(C(=O)N(C)c4ccc(N5CCCC5=O)cc43)[C@@H]2C)cc1. The van der Waals surface area contributed by atoms with Crippen LogP contribution in [0.3, 0.4) is 0 Å². The van der Waals surface area contributed by atoms with E-state index in [4.69, 9.17) is 9.47 Å². The highest BCUT2D eigenvalue weighted by atomic mass is 28.3. The van der Waals surface area contributed by atoms with Gasteiger partial charge in [-0.2, -0.15) is 0 Å². The summed E-state index contributed by atoms with van der Waals surface area (Å²) < 4.78 is 12.5. The Morgan fingerprint density at radius 3 is 2.45 bits per heavy atom. The highest BCUT2D eigenvalue weighted by Gasteiger charge is 2.66. The number of carbonyl (C=O) groups is 3. The molecule has 0 bridgehead atoms. The number of rotatable bonds is 10. The van der Waals surface area contributed by atoms with Crippen LogP contribution in [-0.2, 0) is 31.3 Å². The van der Waals surface area contributed by atoms with Gasteiger partial charge in [-0.15, -0.1) is 0 Å². The van der Waals surface area contributed by atoms with E-state index in [1.165, 1.54) is 5.19 Å². The Kier molecular flexibility index (Phi) is 9.04. The normalized spacial score (nSPS) is 23.9. The van der Waals surface area contributed by atoms with Crippen LogP contribution in [0.15, 0.2) is 72.8 Å². The number of likely N-dealkylation sites (N-methyl/N-ethyl adjacent to an activating group) is 1. The van der Waals surface area contributed by atoms with Gasteiger partial charge in [-0.3, -0.25) is 14.4 Å². The molecule has 0 radical (unpaired) electrons. The van der Waals surface area contributed by atoms with E-state index >= 15 is 0 Å².